The second kappa shape index (κ2) is 19.9. The van der Waals surface area contributed by atoms with Gasteiger partial charge in [0.05, 0.1) is 37.3 Å². The Bertz CT molecular complexity index is 2220. The van der Waals surface area contributed by atoms with Gasteiger partial charge in [-0.15, -0.1) is 0 Å². The van der Waals surface area contributed by atoms with Gasteiger partial charge in [0.1, 0.15) is 47.7 Å². The topological polar surface area (TPSA) is 55.4 Å². The molecule has 6 aromatic rings. The van der Waals surface area contributed by atoms with Crippen molar-refractivity contribution in [3.63, 3.8) is 0 Å². The summed E-state index contributed by atoms with van der Waals surface area (Å²) in [4.78, 5) is 0. The summed E-state index contributed by atoms with van der Waals surface area (Å²) < 4.78 is 38.2. The van der Waals surface area contributed by atoms with Gasteiger partial charge in [0, 0.05) is 21.2 Å². The van der Waals surface area contributed by atoms with Crippen molar-refractivity contribution in [3.8, 4) is 34.5 Å². The fourth-order valence-corrected chi connectivity index (χ4v) is 8.65. The Morgan fingerprint density at radius 1 is 0.371 bits per heavy atom. The highest BCUT2D eigenvalue weighted by atomic mass is 16.5. The minimum Gasteiger partial charge on any atom is -0.494 e. The van der Waals surface area contributed by atoms with Crippen molar-refractivity contribution in [3.05, 3.63) is 154 Å². The fraction of sp³-hybridized carbons (Fsp3) is 0.357. The van der Waals surface area contributed by atoms with Crippen molar-refractivity contribution in [2.75, 3.05) is 39.6 Å². The summed E-state index contributed by atoms with van der Waals surface area (Å²) in [6, 6.07) is 43.0. The van der Waals surface area contributed by atoms with E-state index in [4.69, 9.17) is 28.4 Å². The molecule has 2 aliphatic heterocycles. The molecule has 0 spiro atoms. The molecule has 0 aliphatic carbocycles. The molecular formula is C56H62O6. The molecule has 0 radical (unpaired) electrons. The van der Waals surface area contributed by atoms with Crippen LogP contribution in [0.2, 0.25) is 0 Å². The normalized spacial score (nSPS) is 14.6. The first-order chi connectivity index (χ1) is 30.5. The highest BCUT2D eigenvalue weighted by Crippen LogP contribution is 2.43. The Hall–Kier alpha value is -5.88. The zero-order valence-electron chi connectivity index (χ0n) is 37.1. The van der Waals surface area contributed by atoms with Crippen LogP contribution >= 0.6 is 0 Å². The van der Waals surface area contributed by atoms with E-state index in [0.717, 1.165) is 129 Å². The van der Waals surface area contributed by atoms with Crippen LogP contribution in [-0.2, 0) is 10.8 Å². The van der Waals surface area contributed by atoms with Crippen LogP contribution in [0.1, 0.15) is 101 Å². The molecule has 62 heavy (non-hydrogen) atoms. The van der Waals surface area contributed by atoms with E-state index in [-0.39, 0.29) is 0 Å². The minimum absolute atomic E-state index is 0.439. The van der Waals surface area contributed by atoms with E-state index >= 15 is 0 Å². The maximum atomic E-state index is 6.96. The summed E-state index contributed by atoms with van der Waals surface area (Å²) in [6.07, 6.45) is 13.3. The molecule has 6 aromatic carbocycles. The molecule has 0 N–H and O–H groups in total. The van der Waals surface area contributed by atoms with Crippen LogP contribution in [0.25, 0.3) is 22.9 Å². The number of benzene rings is 6. The first-order valence-corrected chi connectivity index (χ1v) is 23.0. The highest BCUT2D eigenvalue weighted by molar-refractivity contribution is 5.95. The van der Waals surface area contributed by atoms with Crippen LogP contribution in [0, 0.1) is 0 Å². The lowest BCUT2D eigenvalue weighted by Crippen LogP contribution is -2.39. The first kappa shape index (κ1) is 42.8. The van der Waals surface area contributed by atoms with Gasteiger partial charge in [-0.25, -0.2) is 0 Å². The van der Waals surface area contributed by atoms with E-state index in [1.54, 1.807) is 0 Å². The third-order valence-corrected chi connectivity index (χ3v) is 12.4. The monoisotopic (exact) mass is 830 g/mol. The van der Waals surface area contributed by atoms with E-state index < -0.39 is 10.8 Å². The Morgan fingerprint density at radius 3 is 0.903 bits per heavy atom. The molecule has 2 heterocycles. The Morgan fingerprint density at radius 2 is 0.645 bits per heavy atom. The van der Waals surface area contributed by atoms with Crippen LogP contribution in [0.4, 0.5) is 0 Å². The lowest BCUT2D eigenvalue weighted by atomic mass is 9.73. The van der Waals surface area contributed by atoms with Gasteiger partial charge in [-0.3, -0.25) is 0 Å². The Kier molecular flexibility index (Phi) is 13.7. The molecule has 322 valence electrons. The van der Waals surface area contributed by atoms with Gasteiger partial charge >= 0.3 is 0 Å². The summed E-state index contributed by atoms with van der Waals surface area (Å²) in [5.41, 5.74) is 3.52. The molecule has 0 saturated carbocycles. The largest absolute Gasteiger partial charge is 0.494 e. The Labute approximate surface area is 368 Å². The molecular weight excluding hydrogens is 769 g/mol. The van der Waals surface area contributed by atoms with Crippen molar-refractivity contribution >= 4 is 22.9 Å². The molecule has 6 heteroatoms. The molecule has 0 unspecified atom stereocenters. The standard InChI is InChI=1S/C56H62O6/c1-5-9-33-57-47-23-15-43(16-24-47)55(44-17-25-48(26-18-44)58-34-10-6-2)37-41-13-31-52-51(53(41)61-39-55)32-14-42-38-56(40-62-54(42)52,45-19-27-49(28-20-45)59-35-11-7-3)46-21-29-50(30-22-46)60-36-12-8-4/h13-32,37-38H,5-12,33-36,39-40H2,1-4H3. The zero-order valence-corrected chi connectivity index (χ0v) is 37.1. The first-order valence-electron chi connectivity index (χ1n) is 23.0. The van der Waals surface area contributed by atoms with Gasteiger partial charge in [0.2, 0.25) is 0 Å². The molecule has 0 fully saturated rings. The SMILES string of the molecule is CCCCOc1ccc(C2(c3ccc(OCCCC)cc3)C=c3ccc4c5c(ccc4c3OC2)=CC(c2ccc(OCCCC)cc2)(c2ccc(OCCCC)cc2)CO5)cc1. The van der Waals surface area contributed by atoms with Crippen LogP contribution in [0.3, 0.4) is 0 Å². The molecule has 0 aromatic heterocycles. The lowest BCUT2D eigenvalue weighted by Gasteiger charge is -2.36. The number of unbranched alkanes of at least 4 members (excludes halogenated alkanes) is 4. The van der Waals surface area contributed by atoms with Gasteiger partial charge in [-0.05, 0) is 109 Å². The minimum atomic E-state index is -0.532. The average Bonchev–Trinajstić information content (AvgIpc) is 3.32. The van der Waals surface area contributed by atoms with E-state index in [1.165, 1.54) is 0 Å². The summed E-state index contributed by atoms with van der Waals surface area (Å²) in [5.74, 6) is 5.27. The van der Waals surface area contributed by atoms with Crippen molar-refractivity contribution in [1.29, 1.82) is 0 Å². The number of fused-ring (bicyclic) bond motifs is 5. The third-order valence-electron chi connectivity index (χ3n) is 12.4. The van der Waals surface area contributed by atoms with Crippen LogP contribution < -0.4 is 38.9 Å². The van der Waals surface area contributed by atoms with Gasteiger partial charge in [0.15, 0.2) is 0 Å². The van der Waals surface area contributed by atoms with E-state index in [1.807, 2.05) is 0 Å². The fourth-order valence-electron chi connectivity index (χ4n) is 8.65. The van der Waals surface area contributed by atoms with Gasteiger partial charge in [0.25, 0.3) is 0 Å². The molecule has 0 amide bonds. The van der Waals surface area contributed by atoms with E-state index in [9.17, 15) is 0 Å². The maximum absolute atomic E-state index is 6.96. The summed E-state index contributed by atoms with van der Waals surface area (Å²) >= 11 is 0. The molecule has 0 atom stereocenters. The van der Waals surface area contributed by atoms with Crippen LogP contribution in [0.5, 0.6) is 34.5 Å². The van der Waals surface area contributed by atoms with Crippen LogP contribution in [0.15, 0.2) is 121 Å². The Balaban J connectivity index is 1.19. The second-order valence-electron chi connectivity index (χ2n) is 16.8. The average molecular weight is 831 g/mol. The van der Waals surface area contributed by atoms with Gasteiger partial charge in [-0.1, -0.05) is 126 Å². The number of rotatable bonds is 20. The number of ether oxygens (including phenoxy) is 6. The zero-order chi connectivity index (χ0) is 42.8. The molecule has 0 bridgehead atoms. The molecule has 2 aliphatic rings. The van der Waals surface area contributed by atoms with Crippen LogP contribution in [-0.4, -0.2) is 39.6 Å². The molecule has 8 rings (SSSR count). The van der Waals surface area contributed by atoms with Gasteiger partial charge < -0.3 is 28.4 Å². The maximum Gasteiger partial charge on any atom is 0.134 e. The molecule has 0 saturated heterocycles. The number of hydrogen-bond donors (Lipinski definition) is 0. The predicted molar refractivity (Wildman–Crippen MR) is 252 cm³/mol. The van der Waals surface area contributed by atoms with Crippen molar-refractivity contribution in [2.45, 2.75) is 89.9 Å². The summed E-state index contributed by atoms with van der Waals surface area (Å²) in [7, 11) is 0. The summed E-state index contributed by atoms with van der Waals surface area (Å²) in [5, 5.41) is 4.17. The summed E-state index contributed by atoms with van der Waals surface area (Å²) in [6.45, 7) is 12.5. The van der Waals surface area contributed by atoms with Crippen molar-refractivity contribution in [1.82, 2.24) is 0 Å². The van der Waals surface area contributed by atoms with Gasteiger partial charge in [-0.2, -0.15) is 0 Å². The number of hydrogen-bond acceptors (Lipinski definition) is 6. The van der Waals surface area contributed by atoms with Crippen molar-refractivity contribution < 1.29 is 28.4 Å². The third kappa shape index (κ3) is 9.02. The van der Waals surface area contributed by atoms with E-state index in [2.05, 4.69) is 161 Å². The quantitative estimate of drug-likeness (QED) is 0.0715. The van der Waals surface area contributed by atoms with Crippen molar-refractivity contribution in [2.24, 2.45) is 0 Å². The smallest absolute Gasteiger partial charge is 0.134 e. The highest BCUT2D eigenvalue weighted by Gasteiger charge is 2.38. The van der Waals surface area contributed by atoms with E-state index in [0.29, 0.717) is 39.6 Å². The predicted octanol–water partition coefficient (Wildman–Crippen LogP) is 11.9. The lowest BCUT2D eigenvalue weighted by molar-refractivity contribution is 0.266. The second-order valence-corrected chi connectivity index (χ2v) is 16.8. The molecule has 6 nitrogen and oxygen atoms in total.